The molecule has 0 unspecified atom stereocenters. The van der Waals surface area contributed by atoms with Gasteiger partial charge in [-0.05, 0) is 32.3 Å². The third-order valence-corrected chi connectivity index (χ3v) is 4.74. The van der Waals surface area contributed by atoms with E-state index < -0.39 is 18.5 Å². The van der Waals surface area contributed by atoms with Gasteiger partial charge in [0, 0.05) is 18.8 Å². The number of likely N-dealkylation sites (tertiary alicyclic amines) is 1. The fourth-order valence-corrected chi connectivity index (χ4v) is 3.18. The Hall–Kier alpha value is -2.84. The molecular formula is C18H24N2O7. The van der Waals surface area contributed by atoms with Crippen LogP contribution in [0.25, 0.3) is 0 Å². The number of piperidine rings is 1. The molecule has 27 heavy (non-hydrogen) atoms. The first kappa shape index (κ1) is 20.5. The smallest absolute Gasteiger partial charge is 0.355 e. The number of aromatic amines is 1. The van der Waals surface area contributed by atoms with Crippen molar-refractivity contribution in [2.75, 3.05) is 33.9 Å². The van der Waals surface area contributed by atoms with Crippen molar-refractivity contribution in [3.8, 4) is 0 Å². The molecule has 148 valence electrons. The van der Waals surface area contributed by atoms with Gasteiger partial charge in [-0.1, -0.05) is 0 Å². The predicted octanol–water partition coefficient (Wildman–Crippen LogP) is 0.987. The molecule has 2 rings (SSSR count). The number of carbonyl (C=O) groups is 4. The lowest BCUT2D eigenvalue weighted by atomic mass is 9.97. The molecule has 1 aliphatic rings. The SMILES string of the molecule is COC(=O)c1c(C)[nH]c(C(=O)OCC(=O)N2CCC(C(=O)OC)CC2)c1C. The summed E-state index contributed by atoms with van der Waals surface area (Å²) in [6.45, 7) is 3.65. The molecule has 9 nitrogen and oxygen atoms in total. The van der Waals surface area contributed by atoms with E-state index in [9.17, 15) is 19.2 Å². The molecule has 0 radical (unpaired) electrons. The van der Waals surface area contributed by atoms with Crippen molar-refractivity contribution in [3.05, 3.63) is 22.5 Å². The fraction of sp³-hybridized carbons (Fsp3) is 0.556. The van der Waals surface area contributed by atoms with Gasteiger partial charge in [-0.3, -0.25) is 9.59 Å². The summed E-state index contributed by atoms with van der Waals surface area (Å²) < 4.78 is 14.5. The molecule has 1 aliphatic heterocycles. The maximum absolute atomic E-state index is 12.3. The molecule has 0 bridgehead atoms. The summed E-state index contributed by atoms with van der Waals surface area (Å²) in [5.74, 6) is -2.08. The van der Waals surface area contributed by atoms with E-state index in [1.165, 1.54) is 14.2 Å². The Morgan fingerprint density at radius 2 is 1.67 bits per heavy atom. The molecule has 2 heterocycles. The molecule has 1 saturated heterocycles. The third-order valence-electron chi connectivity index (χ3n) is 4.74. The van der Waals surface area contributed by atoms with Gasteiger partial charge in [0.05, 0.1) is 25.7 Å². The number of ether oxygens (including phenoxy) is 3. The molecule has 0 atom stereocenters. The van der Waals surface area contributed by atoms with E-state index in [-0.39, 0.29) is 29.1 Å². The lowest BCUT2D eigenvalue weighted by molar-refractivity contribution is -0.149. The molecule has 9 heteroatoms. The van der Waals surface area contributed by atoms with Crippen LogP contribution >= 0.6 is 0 Å². The summed E-state index contributed by atoms with van der Waals surface area (Å²) in [4.78, 5) is 52.2. The van der Waals surface area contributed by atoms with Crippen molar-refractivity contribution in [1.82, 2.24) is 9.88 Å². The molecule has 0 saturated carbocycles. The van der Waals surface area contributed by atoms with Gasteiger partial charge in [-0.15, -0.1) is 0 Å². The van der Waals surface area contributed by atoms with Crippen LogP contribution in [0.1, 0.15) is 44.9 Å². The van der Waals surface area contributed by atoms with Gasteiger partial charge in [-0.2, -0.15) is 0 Å². The van der Waals surface area contributed by atoms with E-state index in [4.69, 9.17) is 14.2 Å². The average Bonchev–Trinajstić information content (AvgIpc) is 2.98. The molecule has 0 aromatic carbocycles. The zero-order chi connectivity index (χ0) is 20.1. The zero-order valence-corrected chi connectivity index (χ0v) is 15.9. The molecule has 1 aromatic heterocycles. The van der Waals surface area contributed by atoms with Gasteiger partial charge in [0.2, 0.25) is 0 Å². The summed E-state index contributed by atoms with van der Waals surface area (Å²) in [5.41, 5.74) is 1.30. The van der Waals surface area contributed by atoms with Crippen LogP contribution in [0, 0.1) is 19.8 Å². The first-order valence-electron chi connectivity index (χ1n) is 8.60. The molecular weight excluding hydrogens is 356 g/mol. The lowest BCUT2D eigenvalue weighted by Gasteiger charge is -2.30. The Morgan fingerprint density at radius 3 is 2.22 bits per heavy atom. The molecule has 0 spiro atoms. The quantitative estimate of drug-likeness (QED) is 0.598. The number of methoxy groups -OCH3 is 2. The van der Waals surface area contributed by atoms with Crippen LogP contribution in [0.3, 0.4) is 0 Å². The van der Waals surface area contributed by atoms with Gasteiger partial charge in [0.1, 0.15) is 5.69 Å². The fourth-order valence-electron chi connectivity index (χ4n) is 3.18. The minimum Gasteiger partial charge on any atom is -0.469 e. The minimum absolute atomic E-state index is 0.116. The van der Waals surface area contributed by atoms with Crippen LogP contribution in [-0.4, -0.2) is 67.6 Å². The highest BCUT2D eigenvalue weighted by Gasteiger charge is 2.29. The Morgan fingerprint density at radius 1 is 1.04 bits per heavy atom. The summed E-state index contributed by atoms with van der Waals surface area (Å²) in [5, 5.41) is 0. The second-order valence-corrected chi connectivity index (χ2v) is 6.37. The topological polar surface area (TPSA) is 115 Å². The van der Waals surface area contributed by atoms with Crippen molar-refractivity contribution in [2.24, 2.45) is 5.92 Å². The van der Waals surface area contributed by atoms with Crippen molar-refractivity contribution in [1.29, 1.82) is 0 Å². The highest BCUT2D eigenvalue weighted by Crippen LogP contribution is 2.20. The van der Waals surface area contributed by atoms with Crippen molar-refractivity contribution < 1.29 is 33.4 Å². The first-order valence-corrected chi connectivity index (χ1v) is 8.60. The van der Waals surface area contributed by atoms with E-state index in [0.29, 0.717) is 37.2 Å². The van der Waals surface area contributed by atoms with Crippen LogP contribution in [0.4, 0.5) is 0 Å². The molecule has 1 N–H and O–H groups in total. The number of esters is 3. The summed E-state index contributed by atoms with van der Waals surface area (Å²) >= 11 is 0. The zero-order valence-electron chi connectivity index (χ0n) is 15.9. The number of H-pyrrole nitrogens is 1. The van der Waals surface area contributed by atoms with Crippen molar-refractivity contribution in [2.45, 2.75) is 26.7 Å². The summed E-state index contributed by atoms with van der Waals surface area (Å²) in [6.07, 6.45) is 1.04. The normalized spacial score (nSPS) is 14.6. The number of hydrogen-bond acceptors (Lipinski definition) is 7. The summed E-state index contributed by atoms with van der Waals surface area (Å²) in [6, 6.07) is 0. The number of nitrogens with zero attached hydrogens (tertiary/aromatic N) is 1. The minimum atomic E-state index is -0.719. The third kappa shape index (κ3) is 4.47. The van der Waals surface area contributed by atoms with E-state index in [1.807, 2.05) is 0 Å². The van der Waals surface area contributed by atoms with E-state index in [2.05, 4.69) is 4.98 Å². The van der Waals surface area contributed by atoms with Crippen LogP contribution in [-0.2, 0) is 23.8 Å². The maximum atomic E-state index is 12.3. The average molecular weight is 380 g/mol. The predicted molar refractivity (Wildman–Crippen MR) is 93.2 cm³/mol. The van der Waals surface area contributed by atoms with Crippen LogP contribution in [0.15, 0.2) is 0 Å². The standard InChI is InChI=1S/C18H24N2O7/c1-10-14(17(23)26-4)11(2)19-15(10)18(24)27-9-13(21)20-7-5-12(6-8-20)16(22)25-3/h12,19H,5-9H2,1-4H3. The number of aromatic nitrogens is 1. The Bertz CT molecular complexity index is 745. The molecule has 1 amide bonds. The maximum Gasteiger partial charge on any atom is 0.355 e. The number of amides is 1. The van der Waals surface area contributed by atoms with Crippen molar-refractivity contribution >= 4 is 23.8 Å². The number of nitrogens with one attached hydrogen (secondary N) is 1. The van der Waals surface area contributed by atoms with Crippen molar-refractivity contribution in [3.63, 3.8) is 0 Å². The van der Waals surface area contributed by atoms with Gasteiger partial charge in [0.25, 0.3) is 5.91 Å². The van der Waals surface area contributed by atoms with Gasteiger partial charge in [0.15, 0.2) is 6.61 Å². The first-order chi connectivity index (χ1) is 12.8. The molecule has 1 fully saturated rings. The second kappa shape index (κ2) is 8.70. The summed E-state index contributed by atoms with van der Waals surface area (Å²) in [7, 11) is 2.60. The lowest BCUT2D eigenvalue weighted by Crippen LogP contribution is -2.42. The van der Waals surface area contributed by atoms with Gasteiger partial charge in [-0.25, -0.2) is 9.59 Å². The number of aryl methyl sites for hydroxylation is 1. The second-order valence-electron chi connectivity index (χ2n) is 6.37. The molecule has 1 aromatic rings. The van der Waals surface area contributed by atoms with Crippen LogP contribution in [0.5, 0.6) is 0 Å². The van der Waals surface area contributed by atoms with E-state index in [1.54, 1.807) is 18.7 Å². The van der Waals surface area contributed by atoms with Crippen LogP contribution in [0.2, 0.25) is 0 Å². The van der Waals surface area contributed by atoms with E-state index >= 15 is 0 Å². The number of hydrogen-bond donors (Lipinski definition) is 1. The monoisotopic (exact) mass is 380 g/mol. The Balaban J connectivity index is 1.92. The van der Waals surface area contributed by atoms with Gasteiger partial charge < -0.3 is 24.1 Å². The molecule has 0 aliphatic carbocycles. The Kier molecular flexibility index (Phi) is 6.59. The highest BCUT2D eigenvalue weighted by atomic mass is 16.5. The van der Waals surface area contributed by atoms with Crippen LogP contribution < -0.4 is 0 Å². The number of carbonyl (C=O) groups excluding carboxylic acids is 4. The highest BCUT2D eigenvalue weighted by molar-refractivity contribution is 5.99. The van der Waals surface area contributed by atoms with Gasteiger partial charge >= 0.3 is 17.9 Å². The van der Waals surface area contributed by atoms with E-state index in [0.717, 1.165) is 0 Å². The Labute approximate surface area is 156 Å². The number of rotatable bonds is 5. The largest absolute Gasteiger partial charge is 0.469 e.